The molecule has 1 aliphatic rings. The lowest BCUT2D eigenvalue weighted by Crippen LogP contribution is -2.28. The third-order valence-corrected chi connectivity index (χ3v) is 6.29. The molecule has 1 fully saturated rings. The van der Waals surface area contributed by atoms with Gasteiger partial charge in [-0.3, -0.25) is 9.93 Å². The molecule has 0 aliphatic heterocycles. The fraction of sp³-hybridized carbons (Fsp3) is 0.150. The molecule has 0 bridgehead atoms. The summed E-state index contributed by atoms with van der Waals surface area (Å²) in [6, 6.07) is 13.9. The van der Waals surface area contributed by atoms with E-state index in [0.717, 1.165) is 28.7 Å². The van der Waals surface area contributed by atoms with Crippen molar-refractivity contribution in [2.75, 3.05) is 4.72 Å². The summed E-state index contributed by atoms with van der Waals surface area (Å²) in [7, 11) is -3.88. The van der Waals surface area contributed by atoms with Crippen LogP contribution in [0.1, 0.15) is 24.3 Å². The monoisotopic (exact) mass is 408 g/mol. The predicted molar refractivity (Wildman–Crippen MR) is 105 cm³/mol. The fourth-order valence-corrected chi connectivity index (χ4v) is 4.29. The lowest BCUT2D eigenvalue weighted by Gasteiger charge is -2.11. The van der Waals surface area contributed by atoms with Crippen LogP contribution in [0.2, 0.25) is 0 Å². The van der Waals surface area contributed by atoms with E-state index in [9.17, 15) is 13.6 Å². The molecule has 5 rings (SSSR count). The summed E-state index contributed by atoms with van der Waals surface area (Å²) in [6.07, 6.45) is 6.45. The second-order valence-electron chi connectivity index (χ2n) is 7.02. The number of aromatic nitrogens is 4. The lowest BCUT2D eigenvalue weighted by molar-refractivity contribution is -0.905. The largest absolute Gasteiger partial charge is 0.285 e. The van der Waals surface area contributed by atoms with Gasteiger partial charge >= 0.3 is 0 Å². The van der Waals surface area contributed by atoms with E-state index in [1.165, 1.54) is 29.0 Å². The molecule has 29 heavy (non-hydrogen) atoms. The highest BCUT2D eigenvalue weighted by Crippen LogP contribution is 2.42. The molecule has 0 radical (unpaired) electrons. The molecule has 4 aromatic rings. The van der Waals surface area contributed by atoms with Crippen LogP contribution in [0.25, 0.3) is 16.9 Å². The van der Waals surface area contributed by atoms with Crippen LogP contribution in [0, 0.1) is 0 Å². The zero-order chi connectivity index (χ0) is 20.0. The fourth-order valence-electron chi connectivity index (χ4n) is 3.27. The van der Waals surface area contributed by atoms with Crippen LogP contribution in [0.4, 0.5) is 5.82 Å². The summed E-state index contributed by atoms with van der Waals surface area (Å²) in [5, 5.41) is 13.7. The van der Waals surface area contributed by atoms with Gasteiger partial charge in [0.05, 0.1) is 16.8 Å². The molecule has 0 saturated heterocycles. The summed E-state index contributed by atoms with van der Waals surface area (Å²) in [6.45, 7) is 0. The van der Waals surface area contributed by atoms with Crippen LogP contribution in [0.15, 0.2) is 72.0 Å². The van der Waals surface area contributed by atoms with E-state index in [1.54, 1.807) is 12.3 Å². The minimum Gasteiger partial charge on any atom is -0.285 e. The summed E-state index contributed by atoms with van der Waals surface area (Å²) in [5.41, 5.74) is 3.25. The Morgan fingerprint density at radius 2 is 1.83 bits per heavy atom. The maximum absolute atomic E-state index is 12.9. The number of nitrogens with zero attached hydrogens (tertiary/aromatic N) is 4. The Balaban J connectivity index is 1.65. The van der Waals surface area contributed by atoms with Gasteiger partial charge in [0, 0.05) is 34.1 Å². The second-order valence-corrected chi connectivity index (χ2v) is 8.70. The quantitative estimate of drug-likeness (QED) is 0.391. The predicted octanol–water partition coefficient (Wildman–Crippen LogP) is 2.60. The molecule has 146 valence electrons. The summed E-state index contributed by atoms with van der Waals surface area (Å²) >= 11 is 0. The molecule has 1 aliphatic carbocycles. The van der Waals surface area contributed by atoms with E-state index in [2.05, 4.69) is 9.82 Å². The SMILES string of the molecule is O=S(=O)(Nc1cc(-c2ccccc2)nc2c(C3CC3)cnn12)c1cc[n+](O)cc1. The minimum atomic E-state index is -3.88. The number of rotatable bonds is 5. The summed E-state index contributed by atoms with van der Waals surface area (Å²) in [4.78, 5) is 4.80. The van der Waals surface area contributed by atoms with Crippen LogP contribution < -0.4 is 9.45 Å². The van der Waals surface area contributed by atoms with Crippen LogP contribution >= 0.6 is 0 Å². The highest BCUT2D eigenvalue weighted by Gasteiger charge is 2.29. The standard InChI is InChI=1S/C20H18N5O3S/c26-24-10-8-16(9-11-24)29(27,28)23-19-12-18(15-4-2-1-3-5-15)22-20-17(14-6-7-14)13-21-25(19)20/h1-5,8-14,23,26H,6-7H2/q+1. The Kier molecular flexibility index (Phi) is 3.99. The zero-order valence-electron chi connectivity index (χ0n) is 15.3. The second kappa shape index (κ2) is 6.56. The molecule has 8 nitrogen and oxygen atoms in total. The molecule has 0 amide bonds. The first-order valence-corrected chi connectivity index (χ1v) is 10.7. The van der Waals surface area contributed by atoms with Gasteiger partial charge in [0.2, 0.25) is 12.4 Å². The number of nitrogens with one attached hydrogen (secondary N) is 1. The molecule has 1 aromatic carbocycles. The van der Waals surface area contributed by atoms with Gasteiger partial charge in [-0.25, -0.2) is 13.4 Å². The summed E-state index contributed by atoms with van der Waals surface area (Å²) < 4.78 is 30.7. The number of hydrogen-bond acceptors (Lipinski definition) is 5. The Hall–Kier alpha value is -3.46. The van der Waals surface area contributed by atoms with Gasteiger partial charge in [0.25, 0.3) is 10.0 Å². The molecule has 2 N–H and O–H groups in total. The van der Waals surface area contributed by atoms with Gasteiger partial charge in [-0.1, -0.05) is 30.3 Å². The number of hydrogen-bond donors (Lipinski definition) is 2. The number of benzene rings is 1. The molecule has 0 spiro atoms. The minimum absolute atomic E-state index is 0.0311. The van der Waals surface area contributed by atoms with E-state index in [-0.39, 0.29) is 4.90 Å². The van der Waals surface area contributed by atoms with Crippen molar-refractivity contribution in [3.8, 4) is 11.3 Å². The summed E-state index contributed by atoms with van der Waals surface area (Å²) in [5.74, 6) is 0.728. The molecule has 3 heterocycles. The maximum atomic E-state index is 12.9. The van der Waals surface area contributed by atoms with Crippen molar-refractivity contribution in [1.82, 2.24) is 14.6 Å². The van der Waals surface area contributed by atoms with E-state index in [4.69, 9.17) is 4.98 Å². The first-order valence-electron chi connectivity index (χ1n) is 9.19. The van der Waals surface area contributed by atoms with Crippen LogP contribution in [0.5, 0.6) is 0 Å². The van der Waals surface area contributed by atoms with Crippen molar-refractivity contribution in [3.05, 3.63) is 72.7 Å². The van der Waals surface area contributed by atoms with Crippen molar-refractivity contribution in [3.63, 3.8) is 0 Å². The highest BCUT2D eigenvalue weighted by atomic mass is 32.2. The molecular formula is C20H18N5O3S+. The van der Waals surface area contributed by atoms with Crippen LogP contribution in [-0.2, 0) is 10.0 Å². The van der Waals surface area contributed by atoms with E-state index >= 15 is 0 Å². The molecule has 3 aromatic heterocycles. The Morgan fingerprint density at radius 3 is 2.52 bits per heavy atom. The van der Waals surface area contributed by atoms with Crippen LogP contribution in [-0.4, -0.2) is 28.2 Å². The average molecular weight is 408 g/mol. The molecule has 0 unspecified atom stereocenters. The number of anilines is 1. The van der Waals surface area contributed by atoms with Gasteiger partial charge < -0.3 is 0 Å². The van der Waals surface area contributed by atoms with Gasteiger partial charge in [-0.15, -0.1) is 0 Å². The topological polar surface area (TPSA) is 100 Å². The lowest BCUT2D eigenvalue weighted by atomic mass is 10.1. The number of pyridine rings is 1. The third-order valence-electron chi connectivity index (χ3n) is 4.92. The average Bonchev–Trinajstić information content (AvgIpc) is 3.47. The van der Waals surface area contributed by atoms with Crippen molar-refractivity contribution in [2.45, 2.75) is 23.7 Å². The van der Waals surface area contributed by atoms with Crippen molar-refractivity contribution < 1.29 is 18.4 Å². The van der Waals surface area contributed by atoms with Gasteiger partial charge in [0.15, 0.2) is 5.65 Å². The van der Waals surface area contributed by atoms with Crippen molar-refractivity contribution >= 4 is 21.5 Å². The molecular weight excluding hydrogens is 390 g/mol. The number of fused-ring (bicyclic) bond motifs is 1. The Labute approximate surface area is 167 Å². The van der Waals surface area contributed by atoms with Crippen molar-refractivity contribution in [2.24, 2.45) is 0 Å². The Bertz CT molecular complexity index is 1300. The maximum Gasteiger partial charge on any atom is 0.263 e. The molecule has 9 heteroatoms. The normalized spacial score (nSPS) is 14.2. The van der Waals surface area contributed by atoms with Gasteiger partial charge in [0.1, 0.15) is 5.82 Å². The van der Waals surface area contributed by atoms with E-state index in [1.807, 2.05) is 30.3 Å². The highest BCUT2D eigenvalue weighted by molar-refractivity contribution is 7.92. The smallest absolute Gasteiger partial charge is 0.263 e. The van der Waals surface area contributed by atoms with Gasteiger partial charge in [-0.2, -0.15) is 9.61 Å². The van der Waals surface area contributed by atoms with E-state index < -0.39 is 10.0 Å². The van der Waals surface area contributed by atoms with Gasteiger partial charge in [-0.05, 0) is 18.8 Å². The first kappa shape index (κ1) is 17.6. The van der Waals surface area contributed by atoms with E-state index in [0.29, 0.717) is 23.1 Å². The molecule has 0 atom stereocenters. The Morgan fingerprint density at radius 1 is 1.10 bits per heavy atom. The first-order chi connectivity index (χ1) is 14.0. The molecule has 1 saturated carbocycles. The van der Waals surface area contributed by atoms with Crippen molar-refractivity contribution in [1.29, 1.82) is 0 Å². The third kappa shape index (κ3) is 3.29. The van der Waals surface area contributed by atoms with Crippen LogP contribution in [0.3, 0.4) is 0 Å². The number of sulfonamides is 1. The zero-order valence-corrected chi connectivity index (χ0v) is 16.1.